The molecule has 0 aromatic carbocycles. The monoisotopic (exact) mass is 339 g/mol. The molecule has 1 fully saturated rings. The van der Waals surface area contributed by atoms with Crippen LogP contribution in [0.2, 0.25) is 0 Å². The molecule has 1 atom stereocenters. The van der Waals surface area contributed by atoms with Gasteiger partial charge in [0.1, 0.15) is 0 Å². The van der Waals surface area contributed by atoms with Gasteiger partial charge >= 0.3 is 6.03 Å². The number of hydrogen-bond donors (Lipinski definition) is 3. The van der Waals surface area contributed by atoms with Crippen LogP contribution in [0.5, 0.6) is 0 Å². The molecule has 0 aliphatic heterocycles. The van der Waals surface area contributed by atoms with Crippen LogP contribution in [-0.4, -0.2) is 47.8 Å². The number of hydrogen-bond acceptors (Lipinski definition) is 4. The first-order valence-corrected chi connectivity index (χ1v) is 9.51. The molecule has 1 aliphatic carbocycles. The number of thiophene rings is 1. The molecular weight excluding hydrogens is 310 g/mol. The van der Waals surface area contributed by atoms with Crippen molar-refractivity contribution >= 4 is 17.4 Å². The molecule has 3 N–H and O–H groups in total. The van der Waals surface area contributed by atoms with E-state index in [0.29, 0.717) is 6.54 Å². The predicted molar refractivity (Wildman–Crippen MR) is 94.8 cm³/mol. The molecule has 1 saturated carbocycles. The first-order valence-electron chi connectivity index (χ1n) is 8.57. The summed E-state index contributed by atoms with van der Waals surface area (Å²) in [6.07, 6.45) is 3.86. The lowest BCUT2D eigenvalue weighted by Gasteiger charge is -2.31. The Kier molecular flexibility index (Phi) is 6.87. The van der Waals surface area contributed by atoms with Gasteiger partial charge in [-0.15, -0.1) is 0 Å². The molecular formula is C17H29N3O2S. The third kappa shape index (κ3) is 4.68. The Hall–Kier alpha value is -1.11. The molecule has 5 nitrogen and oxygen atoms in total. The number of carbonyl (C=O) groups excluding carboxylic acids is 1. The Balaban J connectivity index is 1.94. The van der Waals surface area contributed by atoms with Crippen molar-refractivity contribution in [1.29, 1.82) is 0 Å². The van der Waals surface area contributed by atoms with Gasteiger partial charge in [-0.2, -0.15) is 11.3 Å². The molecule has 1 aliphatic rings. The third-order valence-corrected chi connectivity index (χ3v) is 5.58. The van der Waals surface area contributed by atoms with E-state index in [0.717, 1.165) is 38.8 Å². The molecule has 1 aromatic heterocycles. The minimum absolute atomic E-state index is 0.0183. The van der Waals surface area contributed by atoms with Gasteiger partial charge in [-0.1, -0.05) is 26.7 Å². The van der Waals surface area contributed by atoms with Gasteiger partial charge in [0.2, 0.25) is 0 Å². The summed E-state index contributed by atoms with van der Waals surface area (Å²) in [4.78, 5) is 14.6. The molecule has 1 aromatic rings. The Labute approximate surface area is 143 Å². The number of nitrogens with zero attached hydrogens (tertiary/aromatic N) is 1. The van der Waals surface area contributed by atoms with Crippen LogP contribution in [0.25, 0.3) is 0 Å². The molecule has 0 radical (unpaired) electrons. The van der Waals surface area contributed by atoms with E-state index in [4.69, 9.17) is 0 Å². The number of amides is 2. The Bertz CT molecular complexity index is 468. The predicted octanol–water partition coefficient (Wildman–Crippen LogP) is 2.74. The van der Waals surface area contributed by atoms with Crippen molar-refractivity contribution in [2.24, 2.45) is 0 Å². The first kappa shape index (κ1) is 18.2. The largest absolute Gasteiger partial charge is 0.394 e. The van der Waals surface area contributed by atoms with Crippen LogP contribution in [0.3, 0.4) is 0 Å². The van der Waals surface area contributed by atoms with E-state index in [1.54, 1.807) is 11.3 Å². The van der Waals surface area contributed by atoms with Gasteiger partial charge in [-0.3, -0.25) is 4.90 Å². The summed E-state index contributed by atoms with van der Waals surface area (Å²) in [6, 6.07) is 2.14. The van der Waals surface area contributed by atoms with E-state index < -0.39 is 5.54 Å². The molecule has 0 saturated heterocycles. The first-order chi connectivity index (χ1) is 11.1. The van der Waals surface area contributed by atoms with Crippen LogP contribution >= 0.6 is 11.3 Å². The van der Waals surface area contributed by atoms with E-state index in [1.165, 1.54) is 5.56 Å². The molecule has 130 valence electrons. The van der Waals surface area contributed by atoms with Crippen LogP contribution in [0.15, 0.2) is 16.8 Å². The van der Waals surface area contributed by atoms with Crippen LogP contribution in [0.1, 0.15) is 51.1 Å². The van der Waals surface area contributed by atoms with Crippen molar-refractivity contribution in [1.82, 2.24) is 15.5 Å². The summed E-state index contributed by atoms with van der Waals surface area (Å²) in [6.45, 7) is 6.77. The Morgan fingerprint density at radius 1 is 1.39 bits per heavy atom. The zero-order valence-corrected chi connectivity index (χ0v) is 15.0. The molecule has 6 heteroatoms. The summed E-state index contributed by atoms with van der Waals surface area (Å²) < 4.78 is 0. The maximum Gasteiger partial charge on any atom is 0.315 e. The van der Waals surface area contributed by atoms with Gasteiger partial charge in [0.25, 0.3) is 0 Å². The number of aliphatic hydroxyl groups is 1. The average molecular weight is 340 g/mol. The van der Waals surface area contributed by atoms with E-state index in [-0.39, 0.29) is 18.7 Å². The summed E-state index contributed by atoms with van der Waals surface area (Å²) in [5.74, 6) is 0. The normalized spacial score (nSPS) is 18.1. The molecule has 1 heterocycles. The van der Waals surface area contributed by atoms with Crippen molar-refractivity contribution < 1.29 is 9.90 Å². The maximum atomic E-state index is 12.3. The topological polar surface area (TPSA) is 64.6 Å². The van der Waals surface area contributed by atoms with Crippen molar-refractivity contribution in [2.75, 3.05) is 26.2 Å². The van der Waals surface area contributed by atoms with Gasteiger partial charge < -0.3 is 15.7 Å². The summed E-state index contributed by atoms with van der Waals surface area (Å²) in [7, 11) is 0. The van der Waals surface area contributed by atoms with Crippen molar-refractivity contribution in [3.05, 3.63) is 22.4 Å². The molecule has 2 amide bonds. The number of carbonyl (C=O) groups is 1. The van der Waals surface area contributed by atoms with E-state index in [1.807, 2.05) is 0 Å². The molecule has 2 rings (SSSR count). The van der Waals surface area contributed by atoms with E-state index >= 15 is 0 Å². The van der Waals surface area contributed by atoms with Gasteiger partial charge in [0.15, 0.2) is 0 Å². The molecule has 1 unspecified atom stereocenters. The number of likely N-dealkylation sites (N-methyl/N-ethyl adjacent to an activating group) is 1. The summed E-state index contributed by atoms with van der Waals surface area (Å²) >= 11 is 1.68. The highest BCUT2D eigenvalue weighted by atomic mass is 32.1. The van der Waals surface area contributed by atoms with E-state index in [2.05, 4.69) is 46.2 Å². The van der Waals surface area contributed by atoms with Crippen LogP contribution < -0.4 is 10.6 Å². The third-order valence-electron chi connectivity index (χ3n) is 4.88. The second-order valence-electron chi connectivity index (χ2n) is 6.27. The van der Waals surface area contributed by atoms with Crippen molar-refractivity contribution in [3.8, 4) is 0 Å². The SMILES string of the molecule is CCN(CC)C(CNC(=O)NC1(CO)CCCC1)c1ccsc1. The van der Waals surface area contributed by atoms with Gasteiger partial charge in [0.05, 0.1) is 18.2 Å². The highest BCUT2D eigenvalue weighted by Crippen LogP contribution is 2.29. The number of aliphatic hydroxyl groups excluding tert-OH is 1. The second-order valence-corrected chi connectivity index (χ2v) is 7.05. The fraction of sp³-hybridized carbons (Fsp3) is 0.706. The summed E-state index contributed by atoms with van der Waals surface area (Å²) in [5.41, 5.74) is 0.827. The highest BCUT2D eigenvalue weighted by Gasteiger charge is 2.34. The van der Waals surface area contributed by atoms with E-state index in [9.17, 15) is 9.90 Å². The van der Waals surface area contributed by atoms with Gasteiger partial charge in [-0.05, 0) is 48.3 Å². The Morgan fingerprint density at radius 3 is 2.61 bits per heavy atom. The fourth-order valence-electron chi connectivity index (χ4n) is 3.44. The Morgan fingerprint density at radius 2 is 2.09 bits per heavy atom. The standard InChI is InChI=1S/C17H29N3O2S/c1-3-20(4-2)15(14-7-10-23-12-14)11-18-16(22)19-17(13-21)8-5-6-9-17/h7,10,12,15,21H,3-6,8-9,11,13H2,1-2H3,(H2,18,19,22). The number of urea groups is 1. The molecule has 0 spiro atoms. The quantitative estimate of drug-likeness (QED) is 0.682. The molecule has 0 bridgehead atoms. The molecule has 23 heavy (non-hydrogen) atoms. The average Bonchev–Trinajstić information content (AvgIpc) is 3.23. The maximum absolute atomic E-state index is 12.3. The lowest BCUT2D eigenvalue weighted by atomic mass is 9.99. The van der Waals surface area contributed by atoms with Crippen LogP contribution in [-0.2, 0) is 0 Å². The smallest absolute Gasteiger partial charge is 0.315 e. The van der Waals surface area contributed by atoms with Crippen molar-refractivity contribution in [3.63, 3.8) is 0 Å². The lowest BCUT2D eigenvalue weighted by Crippen LogP contribution is -2.53. The fourth-order valence-corrected chi connectivity index (χ4v) is 4.14. The van der Waals surface area contributed by atoms with Crippen LogP contribution in [0.4, 0.5) is 4.79 Å². The lowest BCUT2D eigenvalue weighted by molar-refractivity contribution is 0.160. The highest BCUT2D eigenvalue weighted by molar-refractivity contribution is 7.07. The minimum atomic E-state index is -0.419. The van der Waals surface area contributed by atoms with Crippen LogP contribution in [0, 0.1) is 0 Å². The van der Waals surface area contributed by atoms with Crippen molar-refractivity contribution in [2.45, 2.75) is 51.1 Å². The van der Waals surface area contributed by atoms with Gasteiger partial charge in [0, 0.05) is 6.54 Å². The summed E-state index contributed by atoms with van der Waals surface area (Å²) in [5, 5.41) is 19.8. The zero-order valence-electron chi connectivity index (χ0n) is 14.2. The number of nitrogens with one attached hydrogen (secondary N) is 2. The second kappa shape index (κ2) is 8.66. The van der Waals surface area contributed by atoms with Gasteiger partial charge in [-0.25, -0.2) is 4.79 Å². The minimum Gasteiger partial charge on any atom is -0.394 e. The zero-order chi connectivity index (χ0) is 16.7. The number of rotatable bonds is 8.